The van der Waals surface area contributed by atoms with Crippen molar-refractivity contribution in [2.75, 3.05) is 20.8 Å². The summed E-state index contributed by atoms with van der Waals surface area (Å²) in [5.74, 6) is 1.46. The molecule has 2 aromatic carbocycles. The largest absolute Gasteiger partial charge is 1.00 e. The molecule has 0 spiro atoms. The summed E-state index contributed by atoms with van der Waals surface area (Å²) in [7, 11) is 3.13. The van der Waals surface area contributed by atoms with Crippen molar-refractivity contribution in [1.29, 1.82) is 0 Å². The molecular formula is C18H22ClNO4. The van der Waals surface area contributed by atoms with Gasteiger partial charge in [-0.05, 0) is 42.5 Å². The van der Waals surface area contributed by atoms with Crippen molar-refractivity contribution in [2.45, 2.75) is 13.0 Å². The van der Waals surface area contributed by atoms with Crippen LogP contribution >= 0.6 is 0 Å². The number of methoxy groups -OCH3 is 2. The number of aromatic hydroxyl groups is 1. The van der Waals surface area contributed by atoms with Crippen LogP contribution in [0.15, 0.2) is 42.5 Å². The topological polar surface area (TPSA) is 72.4 Å². The van der Waals surface area contributed by atoms with Crippen molar-refractivity contribution in [3.63, 3.8) is 0 Å². The lowest BCUT2D eigenvalue weighted by molar-refractivity contribution is -0.669. The molecule has 2 rings (SSSR count). The molecule has 0 radical (unpaired) electrons. The molecule has 3 N–H and O–H groups in total. The van der Waals surface area contributed by atoms with Crippen molar-refractivity contribution in [2.24, 2.45) is 0 Å². The number of rotatable bonds is 8. The average Bonchev–Trinajstić information content (AvgIpc) is 2.59. The maximum atomic E-state index is 12.1. The molecule has 6 heteroatoms. The molecule has 0 bridgehead atoms. The number of carbonyl (C=O) groups excluding carboxylic acids is 1. The molecule has 24 heavy (non-hydrogen) atoms. The first-order chi connectivity index (χ1) is 11.1. The summed E-state index contributed by atoms with van der Waals surface area (Å²) < 4.78 is 10.2. The maximum Gasteiger partial charge on any atom is 0.168 e. The van der Waals surface area contributed by atoms with Crippen LogP contribution in [0.25, 0.3) is 0 Å². The van der Waals surface area contributed by atoms with Gasteiger partial charge in [0, 0.05) is 11.1 Å². The van der Waals surface area contributed by atoms with Gasteiger partial charge in [0.05, 0.1) is 27.2 Å². The Morgan fingerprint density at radius 1 is 1.08 bits per heavy atom. The second kappa shape index (κ2) is 9.80. The zero-order valence-corrected chi connectivity index (χ0v) is 14.5. The molecule has 0 unspecified atom stereocenters. The molecule has 0 saturated heterocycles. The minimum atomic E-state index is 0. The van der Waals surface area contributed by atoms with Crippen LogP contribution in [0.4, 0.5) is 0 Å². The van der Waals surface area contributed by atoms with Crippen LogP contribution in [-0.2, 0) is 6.54 Å². The molecular weight excluding hydrogens is 330 g/mol. The molecule has 0 saturated carbocycles. The Hall–Kier alpha value is -2.24. The fourth-order valence-electron chi connectivity index (χ4n) is 2.27. The third-order valence-electron chi connectivity index (χ3n) is 3.61. The van der Waals surface area contributed by atoms with Gasteiger partial charge in [0.25, 0.3) is 0 Å². The van der Waals surface area contributed by atoms with Gasteiger partial charge in [0.1, 0.15) is 12.3 Å². The number of phenols is 1. The number of hydrogen-bond donors (Lipinski definition) is 2. The van der Waals surface area contributed by atoms with Crippen LogP contribution in [0.3, 0.4) is 0 Å². The minimum Gasteiger partial charge on any atom is -1.00 e. The van der Waals surface area contributed by atoms with E-state index in [1.807, 2.05) is 6.07 Å². The second-order valence-electron chi connectivity index (χ2n) is 5.19. The number of benzene rings is 2. The Balaban J connectivity index is 0.00000288. The molecule has 0 amide bonds. The highest BCUT2D eigenvalue weighted by Crippen LogP contribution is 2.25. The smallest absolute Gasteiger partial charge is 0.168 e. The molecule has 0 aliphatic carbocycles. The molecule has 2 aromatic rings. The van der Waals surface area contributed by atoms with Crippen molar-refractivity contribution < 1.29 is 37.1 Å². The van der Waals surface area contributed by atoms with Crippen LogP contribution in [0.5, 0.6) is 17.2 Å². The number of ketones is 1. The zero-order valence-electron chi connectivity index (χ0n) is 13.8. The van der Waals surface area contributed by atoms with Crippen molar-refractivity contribution >= 4 is 5.78 Å². The zero-order chi connectivity index (χ0) is 16.7. The third-order valence-corrected chi connectivity index (χ3v) is 3.61. The van der Waals surface area contributed by atoms with E-state index < -0.39 is 0 Å². The fourth-order valence-corrected chi connectivity index (χ4v) is 2.27. The van der Waals surface area contributed by atoms with Gasteiger partial charge < -0.3 is 32.3 Å². The van der Waals surface area contributed by atoms with Gasteiger partial charge >= 0.3 is 0 Å². The van der Waals surface area contributed by atoms with E-state index in [9.17, 15) is 9.90 Å². The Kier molecular flexibility index (Phi) is 8.09. The number of Topliss-reactive ketones (excluding diaryl/α,β-unsaturated/α-hetero) is 1. The van der Waals surface area contributed by atoms with E-state index in [4.69, 9.17) is 9.47 Å². The highest BCUT2D eigenvalue weighted by Gasteiger charge is 2.08. The Morgan fingerprint density at radius 3 is 2.42 bits per heavy atom. The second-order valence-corrected chi connectivity index (χ2v) is 5.19. The van der Waals surface area contributed by atoms with E-state index in [1.54, 1.807) is 43.5 Å². The van der Waals surface area contributed by atoms with Crippen LogP contribution in [0, 0.1) is 0 Å². The number of quaternary nitrogens is 1. The average molecular weight is 352 g/mol. The first-order valence-electron chi connectivity index (χ1n) is 7.49. The fraction of sp³-hybridized carbons (Fsp3) is 0.278. The van der Waals surface area contributed by atoms with Crippen molar-refractivity contribution in [1.82, 2.24) is 0 Å². The summed E-state index contributed by atoms with van der Waals surface area (Å²) in [6.07, 6.45) is 0.474. The first-order valence-corrected chi connectivity index (χ1v) is 7.49. The van der Waals surface area contributed by atoms with E-state index in [1.165, 1.54) is 7.11 Å². The number of ether oxygens (including phenoxy) is 2. The van der Waals surface area contributed by atoms with Gasteiger partial charge in [-0.25, -0.2) is 0 Å². The lowest BCUT2D eigenvalue weighted by Crippen LogP contribution is -3.00. The van der Waals surface area contributed by atoms with E-state index >= 15 is 0 Å². The molecule has 0 atom stereocenters. The number of hydrogen-bond acceptors (Lipinski definition) is 4. The molecule has 0 aliphatic rings. The summed E-state index contributed by atoms with van der Waals surface area (Å²) in [6.45, 7) is 1.43. The number of carbonyl (C=O) groups is 1. The minimum absolute atomic E-state index is 0. The molecule has 5 nitrogen and oxygen atoms in total. The quantitative estimate of drug-likeness (QED) is 0.460. The predicted molar refractivity (Wildman–Crippen MR) is 87.1 cm³/mol. The van der Waals surface area contributed by atoms with Gasteiger partial charge in [0.15, 0.2) is 17.3 Å². The van der Waals surface area contributed by atoms with E-state index in [-0.39, 0.29) is 23.9 Å². The third kappa shape index (κ3) is 5.44. The Bertz CT molecular complexity index is 659. The molecule has 0 aromatic heterocycles. The molecule has 0 heterocycles. The van der Waals surface area contributed by atoms with Crippen LogP contribution in [-0.4, -0.2) is 31.7 Å². The van der Waals surface area contributed by atoms with Crippen LogP contribution in [0.2, 0.25) is 0 Å². The Morgan fingerprint density at radius 2 is 1.79 bits per heavy atom. The molecule has 130 valence electrons. The summed E-state index contributed by atoms with van der Waals surface area (Å²) in [5, 5.41) is 11.6. The van der Waals surface area contributed by atoms with Crippen molar-refractivity contribution in [3.8, 4) is 17.2 Å². The number of nitrogens with two attached hydrogens (primary N) is 1. The summed E-state index contributed by atoms with van der Waals surface area (Å²) in [4.78, 5) is 12.1. The summed E-state index contributed by atoms with van der Waals surface area (Å²) in [5.41, 5.74) is 1.74. The van der Waals surface area contributed by atoms with E-state index in [0.29, 0.717) is 24.3 Å². The molecule has 0 fully saturated rings. The lowest BCUT2D eigenvalue weighted by Gasteiger charge is -2.06. The van der Waals surface area contributed by atoms with Crippen LogP contribution in [0.1, 0.15) is 22.3 Å². The van der Waals surface area contributed by atoms with E-state index in [2.05, 4.69) is 5.32 Å². The maximum absolute atomic E-state index is 12.1. The lowest BCUT2D eigenvalue weighted by atomic mass is 10.1. The number of phenolic OH excluding ortho intramolecular Hbond substituents is 1. The van der Waals surface area contributed by atoms with Gasteiger partial charge in [-0.1, -0.05) is 0 Å². The van der Waals surface area contributed by atoms with Crippen molar-refractivity contribution in [3.05, 3.63) is 53.6 Å². The van der Waals surface area contributed by atoms with Crippen LogP contribution < -0.4 is 27.2 Å². The standard InChI is InChI=1S/C18H21NO4.ClH/c1-22-15-6-4-14(5-7-15)16(20)9-10-19-12-13-3-8-17(21)18(11-13)23-2;/h3-8,11,19,21H,9-10,12H2,1-2H3;1H. The number of halogens is 1. The monoisotopic (exact) mass is 351 g/mol. The van der Waals surface area contributed by atoms with E-state index in [0.717, 1.165) is 17.9 Å². The van der Waals surface area contributed by atoms with Gasteiger partial charge in [-0.2, -0.15) is 0 Å². The molecule has 0 aliphatic heterocycles. The van der Waals surface area contributed by atoms with Gasteiger partial charge in [-0.15, -0.1) is 0 Å². The Labute approximate surface area is 148 Å². The first kappa shape index (κ1) is 19.8. The normalized spacial score (nSPS) is 9.92. The summed E-state index contributed by atoms with van der Waals surface area (Å²) in [6, 6.07) is 12.4. The highest BCUT2D eigenvalue weighted by atomic mass is 35.5. The van der Waals surface area contributed by atoms with Gasteiger partial charge in [-0.3, -0.25) is 4.79 Å². The summed E-state index contributed by atoms with van der Waals surface area (Å²) >= 11 is 0. The predicted octanol–water partition coefficient (Wildman–Crippen LogP) is -1.25. The SMILES string of the molecule is COc1ccc(C(=O)CC[NH2+]Cc2ccc(O)c(OC)c2)cc1.[Cl-]. The highest BCUT2D eigenvalue weighted by molar-refractivity contribution is 5.96. The van der Waals surface area contributed by atoms with Gasteiger partial charge in [0.2, 0.25) is 0 Å².